The van der Waals surface area contributed by atoms with Crippen molar-refractivity contribution in [2.45, 2.75) is 51.8 Å². The highest BCUT2D eigenvalue weighted by Gasteiger charge is 2.46. The zero-order valence-electron chi connectivity index (χ0n) is 22.6. The van der Waals surface area contributed by atoms with Gasteiger partial charge in [0.15, 0.2) is 6.20 Å². The van der Waals surface area contributed by atoms with E-state index in [1.165, 1.54) is 64.9 Å². The molecule has 1 fully saturated rings. The summed E-state index contributed by atoms with van der Waals surface area (Å²) in [5.41, 5.74) is 12.7. The van der Waals surface area contributed by atoms with Crippen molar-refractivity contribution in [2.75, 3.05) is 0 Å². The number of hydrogen-bond donors (Lipinski definition) is 0. The molecule has 2 aromatic carbocycles. The number of fused-ring (bicyclic) bond motifs is 5. The summed E-state index contributed by atoms with van der Waals surface area (Å²) in [5, 5.41) is 0. The van der Waals surface area contributed by atoms with Crippen LogP contribution < -0.4 is 4.57 Å². The maximum absolute atomic E-state index is 7.62. The molecule has 2 heterocycles. The van der Waals surface area contributed by atoms with Crippen LogP contribution >= 0.6 is 0 Å². The molecule has 0 atom stereocenters. The van der Waals surface area contributed by atoms with Crippen LogP contribution in [0.2, 0.25) is 0 Å². The van der Waals surface area contributed by atoms with Gasteiger partial charge in [0.25, 0.3) is 0 Å². The minimum absolute atomic E-state index is 0.0438. The second-order valence-electron chi connectivity index (χ2n) is 9.84. The van der Waals surface area contributed by atoms with Gasteiger partial charge in [-0.2, -0.15) is 0 Å². The summed E-state index contributed by atoms with van der Waals surface area (Å²) in [5.74, 6) is 0. The van der Waals surface area contributed by atoms with Crippen LogP contribution in [0.15, 0.2) is 66.9 Å². The fourth-order valence-corrected chi connectivity index (χ4v) is 6.07. The van der Waals surface area contributed by atoms with Crippen LogP contribution in [0, 0.1) is 20.7 Å². The molecule has 6 rings (SSSR count). The molecular weight excluding hydrogens is 400 g/mol. The third kappa shape index (κ3) is 3.08. The number of rotatable bonds is 2. The molecule has 2 nitrogen and oxygen atoms in total. The van der Waals surface area contributed by atoms with Crippen LogP contribution in [0.5, 0.6) is 0 Å². The zero-order valence-corrected chi connectivity index (χ0v) is 19.6. The van der Waals surface area contributed by atoms with Crippen LogP contribution in [-0.2, 0) is 12.5 Å². The van der Waals surface area contributed by atoms with Gasteiger partial charge in [0, 0.05) is 38.0 Å². The lowest BCUT2D eigenvalue weighted by Gasteiger charge is -2.26. The Morgan fingerprint density at radius 3 is 2.33 bits per heavy atom. The van der Waals surface area contributed by atoms with Crippen molar-refractivity contribution in [3.8, 4) is 33.5 Å². The Morgan fingerprint density at radius 2 is 1.61 bits per heavy atom. The molecule has 2 aromatic heterocycles. The molecule has 33 heavy (non-hydrogen) atoms. The van der Waals surface area contributed by atoms with Crippen LogP contribution in [0.4, 0.5) is 0 Å². The van der Waals surface area contributed by atoms with Gasteiger partial charge in [0.05, 0.1) is 5.69 Å². The SMILES string of the molecule is [2H]C([2H])([2H])c1ccc(-c2ccc(-c3cc4c(cc3C)-c3ccc(C)nc3C43CCCC3)[n+](C)c2)cc1. The van der Waals surface area contributed by atoms with E-state index in [9.17, 15) is 0 Å². The van der Waals surface area contributed by atoms with E-state index in [2.05, 4.69) is 68.1 Å². The first-order valence-electron chi connectivity index (χ1n) is 13.4. The van der Waals surface area contributed by atoms with Crippen molar-refractivity contribution >= 4 is 0 Å². The van der Waals surface area contributed by atoms with Crippen LogP contribution in [0.3, 0.4) is 0 Å². The maximum atomic E-state index is 7.62. The minimum Gasteiger partial charge on any atom is -0.257 e. The highest BCUT2D eigenvalue weighted by molar-refractivity contribution is 5.84. The Labute approximate surface area is 201 Å². The van der Waals surface area contributed by atoms with Gasteiger partial charge in [-0.1, -0.05) is 54.8 Å². The number of hydrogen-bond acceptors (Lipinski definition) is 1. The van der Waals surface area contributed by atoms with E-state index in [0.717, 1.165) is 16.8 Å². The molecule has 0 N–H and O–H groups in total. The lowest BCUT2D eigenvalue weighted by Crippen LogP contribution is -2.31. The molecule has 0 saturated heterocycles. The second-order valence-corrected chi connectivity index (χ2v) is 9.84. The normalized spacial score (nSPS) is 17.4. The first-order valence-corrected chi connectivity index (χ1v) is 11.9. The van der Waals surface area contributed by atoms with Crippen molar-refractivity contribution in [1.82, 2.24) is 4.98 Å². The molecule has 0 aliphatic heterocycles. The van der Waals surface area contributed by atoms with E-state index in [1.54, 1.807) is 12.1 Å². The van der Waals surface area contributed by atoms with Crippen molar-refractivity contribution in [1.29, 1.82) is 0 Å². The summed E-state index contributed by atoms with van der Waals surface area (Å²) in [6, 6.07) is 20.7. The van der Waals surface area contributed by atoms with Crippen molar-refractivity contribution in [3.63, 3.8) is 0 Å². The molecule has 4 aromatic rings. The number of nitrogens with zero attached hydrogens (tertiary/aromatic N) is 2. The average Bonchev–Trinajstić information content (AvgIpc) is 3.43. The fourth-order valence-electron chi connectivity index (χ4n) is 6.07. The van der Waals surface area contributed by atoms with E-state index in [-0.39, 0.29) is 5.41 Å². The third-order valence-corrected chi connectivity index (χ3v) is 7.74. The topological polar surface area (TPSA) is 16.8 Å². The highest BCUT2D eigenvalue weighted by atomic mass is 14.9. The van der Waals surface area contributed by atoms with E-state index in [4.69, 9.17) is 9.10 Å². The number of aryl methyl sites for hydroxylation is 4. The first-order chi connectivity index (χ1) is 17.2. The number of benzene rings is 2. The van der Waals surface area contributed by atoms with Gasteiger partial charge in [-0.05, 0) is 74.0 Å². The summed E-state index contributed by atoms with van der Waals surface area (Å²) in [6.07, 6.45) is 6.98. The van der Waals surface area contributed by atoms with E-state index >= 15 is 0 Å². The highest BCUT2D eigenvalue weighted by Crippen LogP contribution is 2.57. The van der Waals surface area contributed by atoms with Crippen molar-refractivity contribution in [2.24, 2.45) is 7.05 Å². The Kier molecular flexibility index (Phi) is 3.86. The van der Waals surface area contributed by atoms with Crippen molar-refractivity contribution < 1.29 is 8.68 Å². The molecule has 164 valence electrons. The maximum Gasteiger partial charge on any atom is 0.212 e. The first kappa shape index (κ1) is 17.2. The standard InChI is InChI=1S/C31H31N2/c1-20-7-10-23(11-8-20)24-12-14-29(33(4)19-24)26-18-28-27(17-21(26)2)25-13-9-22(3)32-30(25)31(28)15-5-6-16-31/h7-14,17-19H,5-6,15-16H2,1-4H3/q+1/i1D3. The Bertz CT molecular complexity index is 1490. The number of aromatic nitrogens is 2. The molecule has 1 saturated carbocycles. The lowest BCUT2D eigenvalue weighted by atomic mass is 9.78. The summed E-state index contributed by atoms with van der Waals surface area (Å²) < 4.78 is 25.0. The van der Waals surface area contributed by atoms with Gasteiger partial charge >= 0.3 is 0 Å². The van der Waals surface area contributed by atoms with Gasteiger partial charge < -0.3 is 0 Å². The van der Waals surface area contributed by atoms with E-state index in [1.807, 2.05) is 12.1 Å². The summed E-state index contributed by atoms with van der Waals surface area (Å²) in [7, 11) is 2.09. The van der Waals surface area contributed by atoms with Crippen molar-refractivity contribution in [3.05, 3.63) is 94.9 Å². The van der Waals surface area contributed by atoms with Gasteiger partial charge in [-0.3, -0.25) is 4.98 Å². The summed E-state index contributed by atoms with van der Waals surface area (Å²) in [6.45, 7) is 2.22. The van der Waals surface area contributed by atoms with Crippen LogP contribution in [0.25, 0.3) is 33.5 Å². The van der Waals surface area contributed by atoms with Crippen LogP contribution in [-0.4, -0.2) is 4.98 Å². The summed E-state index contributed by atoms with van der Waals surface area (Å²) in [4.78, 5) is 5.08. The van der Waals surface area contributed by atoms with Gasteiger partial charge in [0.1, 0.15) is 7.05 Å². The monoisotopic (exact) mass is 434 g/mol. The average molecular weight is 435 g/mol. The van der Waals surface area contributed by atoms with E-state index in [0.29, 0.717) is 5.56 Å². The molecule has 0 bridgehead atoms. The second kappa shape index (κ2) is 7.38. The molecule has 1 spiro atoms. The lowest BCUT2D eigenvalue weighted by molar-refractivity contribution is -0.659. The van der Waals surface area contributed by atoms with E-state index < -0.39 is 6.85 Å². The molecule has 2 aliphatic carbocycles. The van der Waals surface area contributed by atoms with Gasteiger partial charge in [-0.25, -0.2) is 4.57 Å². The summed E-state index contributed by atoms with van der Waals surface area (Å²) >= 11 is 0. The zero-order chi connectivity index (χ0) is 25.2. The predicted molar refractivity (Wildman–Crippen MR) is 135 cm³/mol. The molecule has 2 heteroatoms. The quantitative estimate of drug-likeness (QED) is 0.310. The van der Waals surface area contributed by atoms with Gasteiger partial charge in [-0.15, -0.1) is 0 Å². The van der Waals surface area contributed by atoms with Crippen LogP contribution in [0.1, 0.15) is 57.9 Å². The minimum atomic E-state index is -2.08. The Morgan fingerprint density at radius 1 is 0.848 bits per heavy atom. The molecule has 0 unspecified atom stereocenters. The Hall–Kier alpha value is -3.26. The molecular formula is C31H31N2+. The number of pyridine rings is 2. The third-order valence-electron chi connectivity index (χ3n) is 7.74. The molecule has 2 aliphatic rings. The largest absolute Gasteiger partial charge is 0.257 e. The molecule has 0 amide bonds. The smallest absolute Gasteiger partial charge is 0.212 e. The Balaban J connectivity index is 1.43. The van der Waals surface area contributed by atoms with Gasteiger partial charge in [0.2, 0.25) is 5.69 Å². The predicted octanol–water partition coefficient (Wildman–Crippen LogP) is 7.01. The fraction of sp³-hybridized carbons (Fsp3) is 0.290. The molecule has 0 radical (unpaired) electrons.